The highest BCUT2D eigenvalue weighted by Crippen LogP contribution is 2.24. The van der Waals surface area contributed by atoms with Gasteiger partial charge in [0, 0.05) is 30.3 Å². The molecule has 0 aliphatic carbocycles. The van der Waals surface area contributed by atoms with Crippen molar-refractivity contribution in [3.8, 4) is 5.75 Å². The van der Waals surface area contributed by atoms with Gasteiger partial charge in [0.05, 0.1) is 10.6 Å². The molecule has 1 N–H and O–H groups in total. The molecule has 1 aromatic heterocycles. The molecule has 33 heavy (non-hydrogen) atoms. The zero-order valence-electron chi connectivity index (χ0n) is 17.6. The summed E-state index contributed by atoms with van der Waals surface area (Å²) in [6.45, 7) is -0.316. The van der Waals surface area contributed by atoms with Gasteiger partial charge in [-0.15, -0.1) is 0 Å². The third-order valence-corrected chi connectivity index (χ3v) is 6.64. The number of rotatable bonds is 7. The minimum absolute atomic E-state index is 0.0390. The fourth-order valence-corrected chi connectivity index (χ4v) is 4.39. The smallest absolute Gasteiger partial charge is 0.336 e. The lowest BCUT2D eigenvalue weighted by Crippen LogP contribution is -2.26. The number of ether oxygens (including phenoxy) is 1. The predicted molar refractivity (Wildman–Crippen MR) is 125 cm³/mol. The molecule has 0 spiro atoms. The van der Waals surface area contributed by atoms with Gasteiger partial charge in [-0.2, -0.15) is 0 Å². The maximum absolute atomic E-state index is 13.0. The van der Waals surface area contributed by atoms with Crippen molar-refractivity contribution in [2.24, 2.45) is 0 Å². The number of carbonyl (C=O) groups is 1. The summed E-state index contributed by atoms with van der Waals surface area (Å²) in [5.41, 5.74) is 0.702. The number of hydrogen-bond acceptors (Lipinski definition) is 6. The van der Waals surface area contributed by atoms with Crippen LogP contribution in [-0.4, -0.2) is 28.0 Å². The van der Waals surface area contributed by atoms with E-state index in [-0.39, 0.29) is 11.5 Å². The lowest BCUT2D eigenvalue weighted by Gasteiger charge is -2.19. The predicted octanol–water partition coefficient (Wildman–Crippen LogP) is 3.64. The van der Waals surface area contributed by atoms with Crippen molar-refractivity contribution >= 4 is 38.3 Å². The van der Waals surface area contributed by atoms with Gasteiger partial charge in [0.2, 0.25) is 0 Å². The fourth-order valence-electron chi connectivity index (χ4n) is 3.15. The van der Waals surface area contributed by atoms with Gasteiger partial charge >= 0.3 is 5.63 Å². The van der Waals surface area contributed by atoms with Crippen LogP contribution < -0.4 is 20.0 Å². The molecule has 0 saturated carbocycles. The van der Waals surface area contributed by atoms with Gasteiger partial charge in [-0.3, -0.25) is 9.10 Å². The summed E-state index contributed by atoms with van der Waals surface area (Å²) >= 11 is 0. The number of nitrogens with zero attached hydrogens (tertiary/aromatic N) is 1. The molecule has 0 fully saturated rings. The van der Waals surface area contributed by atoms with Gasteiger partial charge in [-0.25, -0.2) is 13.2 Å². The van der Waals surface area contributed by atoms with Crippen LogP contribution in [0.3, 0.4) is 0 Å². The first-order valence-corrected chi connectivity index (χ1v) is 11.4. The van der Waals surface area contributed by atoms with Crippen LogP contribution in [0.1, 0.15) is 0 Å². The summed E-state index contributed by atoms with van der Waals surface area (Å²) < 4.78 is 37.7. The molecule has 0 bridgehead atoms. The van der Waals surface area contributed by atoms with Crippen LogP contribution in [0.15, 0.2) is 99.0 Å². The average molecular weight is 464 g/mol. The van der Waals surface area contributed by atoms with Crippen LogP contribution in [0, 0.1) is 0 Å². The van der Waals surface area contributed by atoms with E-state index in [1.54, 1.807) is 60.7 Å². The van der Waals surface area contributed by atoms with Crippen molar-refractivity contribution in [1.29, 1.82) is 0 Å². The topological polar surface area (TPSA) is 106 Å². The Morgan fingerprint density at radius 2 is 1.73 bits per heavy atom. The number of nitrogens with one attached hydrogen (secondary N) is 1. The third-order valence-electron chi connectivity index (χ3n) is 4.86. The molecule has 0 aliphatic rings. The standard InChI is InChI=1S/C24H20N2O6S/c1-26(19-7-3-2-4-8-19)33(29,30)21-9-5-6-18(14-21)25-23(27)16-31-20-12-10-17-11-13-24(28)32-22(17)15-20/h2-15H,16H2,1H3,(H,25,27). The van der Waals surface area contributed by atoms with Gasteiger partial charge in [0.25, 0.3) is 15.9 Å². The molecular weight excluding hydrogens is 444 g/mol. The van der Waals surface area contributed by atoms with E-state index in [1.165, 1.54) is 35.6 Å². The largest absolute Gasteiger partial charge is 0.484 e. The minimum atomic E-state index is -3.82. The summed E-state index contributed by atoms with van der Waals surface area (Å²) in [4.78, 5) is 23.8. The molecule has 0 unspecified atom stereocenters. The zero-order chi connectivity index (χ0) is 23.4. The second-order valence-electron chi connectivity index (χ2n) is 7.13. The van der Waals surface area contributed by atoms with E-state index in [9.17, 15) is 18.0 Å². The monoisotopic (exact) mass is 464 g/mol. The first-order valence-electron chi connectivity index (χ1n) is 9.93. The molecule has 168 valence electrons. The third kappa shape index (κ3) is 5.04. The van der Waals surface area contributed by atoms with E-state index in [4.69, 9.17) is 9.15 Å². The van der Waals surface area contributed by atoms with E-state index in [1.807, 2.05) is 0 Å². The van der Waals surface area contributed by atoms with Crippen LogP contribution in [0.25, 0.3) is 11.0 Å². The number of sulfonamides is 1. The second kappa shape index (κ2) is 9.17. The van der Waals surface area contributed by atoms with Gasteiger partial charge in [-0.1, -0.05) is 24.3 Å². The number of hydrogen-bond donors (Lipinski definition) is 1. The summed E-state index contributed by atoms with van der Waals surface area (Å²) in [5, 5.41) is 3.36. The number of anilines is 2. The maximum atomic E-state index is 13.0. The first kappa shape index (κ1) is 22.1. The van der Waals surface area contributed by atoms with Crippen molar-refractivity contribution in [1.82, 2.24) is 0 Å². The molecule has 3 aromatic carbocycles. The van der Waals surface area contributed by atoms with E-state index < -0.39 is 21.6 Å². The van der Waals surface area contributed by atoms with Crippen LogP contribution in [0.5, 0.6) is 5.75 Å². The second-order valence-corrected chi connectivity index (χ2v) is 9.10. The highest BCUT2D eigenvalue weighted by molar-refractivity contribution is 7.92. The lowest BCUT2D eigenvalue weighted by molar-refractivity contribution is -0.118. The Labute approximate surface area is 190 Å². The molecule has 0 aliphatic heterocycles. The van der Waals surface area contributed by atoms with E-state index in [2.05, 4.69) is 5.32 Å². The molecule has 1 amide bonds. The Kier molecular flexibility index (Phi) is 6.14. The number of fused-ring (bicyclic) bond motifs is 1. The molecule has 8 nitrogen and oxygen atoms in total. The summed E-state index contributed by atoms with van der Waals surface area (Å²) in [6, 6.07) is 22.5. The normalized spacial score (nSPS) is 11.2. The molecule has 0 saturated heterocycles. The Bertz CT molecular complexity index is 1470. The lowest BCUT2D eigenvalue weighted by atomic mass is 10.2. The molecule has 1 heterocycles. The molecule has 0 atom stereocenters. The molecule has 0 radical (unpaired) electrons. The van der Waals surface area contributed by atoms with Crippen molar-refractivity contribution in [2.45, 2.75) is 4.90 Å². The van der Waals surface area contributed by atoms with Gasteiger partial charge < -0.3 is 14.5 Å². The fraction of sp³-hybridized carbons (Fsp3) is 0.0833. The summed E-state index contributed by atoms with van der Waals surface area (Å²) in [5.74, 6) is -0.122. The SMILES string of the molecule is CN(c1ccccc1)S(=O)(=O)c1cccc(NC(=O)COc2ccc3ccc(=O)oc3c2)c1. The van der Waals surface area contributed by atoms with Crippen LogP contribution >= 0.6 is 0 Å². The Hall–Kier alpha value is -4.11. The first-order chi connectivity index (χ1) is 15.8. The summed E-state index contributed by atoms with van der Waals surface area (Å²) in [6.07, 6.45) is 0. The molecule has 4 rings (SSSR count). The van der Waals surface area contributed by atoms with Crippen molar-refractivity contribution in [3.63, 3.8) is 0 Å². The van der Waals surface area contributed by atoms with E-state index in [0.717, 1.165) is 5.39 Å². The zero-order valence-corrected chi connectivity index (χ0v) is 18.4. The number of carbonyl (C=O) groups excluding carboxylic acids is 1. The van der Waals surface area contributed by atoms with Crippen molar-refractivity contribution < 1.29 is 22.4 Å². The van der Waals surface area contributed by atoms with Gasteiger partial charge in [0.15, 0.2) is 6.61 Å². The number of para-hydroxylation sites is 1. The Morgan fingerprint density at radius 1 is 0.970 bits per heavy atom. The van der Waals surface area contributed by atoms with Crippen molar-refractivity contribution in [3.05, 3.63) is 95.3 Å². The van der Waals surface area contributed by atoms with Crippen molar-refractivity contribution in [2.75, 3.05) is 23.3 Å². The molecule has 4 aromatic rings. The summed E-state index contributed by atoms with van der Waals surface area (Å²) in [7, 11) is -2.35. The quantitative estimate of drug-likeness (QED) is 0.419. The van der Waals surface area contributed by atoms with Crippen LogP contribution in [-0.2, 0) is 14.8 Å². The van der Waals surface area contributed by atoms with E-state index in [0.29, 0.717) is 22.7 Å². The van der Waals surface area contributed by atoms with Crippen LogP contribution in [0.2, 0.25) is 0 Å². The number of amides is 1. The Balaban J connectivity index is 1.44. The molecular formula is C24H20N2O6S. The highest BCUT2D eigenvalue weighted by atomic mass is 32.2. The molecule has 9 heteroatoms. The van der Waals surface area contributed by atoms with Crippen LogP contribution in [0.4, 0.5) is 11.4 Å². The highest BCUT2D eigenvalue weighted by Gasteiger charge is 2.21. The maximum Gasteiger partial charge on any atom is 0.336 e. The van der Waals surface area contributed by atoms with Gasteiger partial charge in [0.1, 0.15) is 11.3 Å². The average Bonchev–Trinajstić information content (AvgIpc) is 2.82. The number of benzene rings is 3. The Morgan fingerprint density at radius 3 is 2.52 bits per heavy atom. The van der Waals surface area contributed by atoms with E-state index >= 15 is 0 Å². The van der Waals surface area contributed by atoms with Gasteiger partial charge in [-0.05, 0) is 48.5 Å². The minimum Gasteiger partial charge on any atom is -0.484 e.